The average molecular weight is 695 g/mol. The molecule has 46 heavy (non-hydrogen) atoms. The molecule has 0 aliphatic carbocycles. The predicted octanol–water partition coefficient (Wildman–Crippen LogP) is 13.1. The standard InChI is InChI=1S/C45H27I/c46-37-16-15-30-8-10-36-23-35-14-12-32-21-28(6-18-40(32)44(35)26-45(36)41(30)24-37)19-27-5-17-39-31(20-27)11-13-34-22-33-9-7-29-3-1-2-4-38(29)42(33)25-43(34)39/h1-18,20-26H,19H2. The molecule has 1 heteroatoms. The zero-order valence-electron chi connectivity index (χ0n) is 25.0. The number of rotatable bonds is 2. The van der Waals surface area contributed by atoms with E-state index < -0.39 is 0 Å². The zero-order chi connectivity index (χ0) is 30.4. The lowest BCUT2D eigenvalue weighted by Gasteiger charge is -2.12. The summed E-state index contributed by atoms with van der Waals surface area (Å²) in [6.07, 6.45) is 0.908. The highest BCUT2D eigenvalue weighted by atomic mass is 127. The highest BCUT2D eigenvalue weighted by Gasteiger charge is 2.10. The normalized spacial score (nSPS) is 12.1. The Morgan fingerprint density at radius 1 is 0.283 bits per heavy atom. The number of hydrogen-bond donors (Lipinski definition) is 0. The molecule has 10 aromatic rings. The molecule has 10 aromatic carbocycles. The average Bonchev–Trinajstić information content (AvgIpc) is 3.09. The Morgan fingerprint density at radius 3 is 1.24 bits per heavy atom. The first kappa shape index (κ1) is 26.2. The largest absolute Gasteiger partial charge is 0.0616 e. The Balaban J connectivity index is 1.05. The second-order valence-electron chi connectivity index (χ2n) is 12.7. The van der Waals surface area contributed by atoms with Crippen LogP contribution in [0.1, 0.15) is 11.1 Å². The van der Waals surface area contributed by atoms with E-state index in [0.29, 0.717) is 0 Å². The van der Waals surface area contributed by atoms with E-state index in [2.05, 4.69) is 174 Å². The Kier molecular flexibility index (Phi) is 5.71. The van der Waals surface area contributed by atoms with E-state index in [-0.39, 0.29) is 0 Å². The van der Waals surface area contributed by atoms with Crippen LogP contribution in [0.3, 0.4) is 0 Å². The highest BCUT2D eigenvalue weighted by molar-refractivity contribution is 14.1. The van der Waals surface area contributed by atoms with Crippen LogP contribution in [0, 0.1) is 3.57 Å². The Labute approximate surface area is 280 Å². The van der Waals surface area contributed by atoms with Crippen LogP contribution >= 0.6 is 22.6 Å². The molecule has 214 valence electrons. The van der Waals surface area contributed by atoms with Gasteiger partial charge < -0.3 is 0 Å². The van der Waals surface area contributed by atoms with Crippen LogP contribution in [0.2, 0.25) is 0 Å². The van der Waals surface area contributed by atoms with Crippen molar-refractivity contribution in [1.82, 2.24) is 0 Å². The zero-order valence-corrected chi connectivity index (χ0v) is 27.2. The summed E-state index contributed by atoms with van der Waals surface area (Å²) < 4.78 is 1.27. The minimum absolute atomic E-state index is 0.908. The summed E-state index contributed by atoms with van der Waals surface area (Å²) in [5.74, 6) is 0. The third-order valence-corrected chi connectivity index (χ3v) is 10.7. The Hall–Kier alpha value is -4.99. The van der Waals surface area contributed by atoms with E-state index in [4.69, 9.17) is 0 Å². The number of fused-ring (bicyclic) bond motifs is 12. The van der Waals surface area contributed by atoms with Gasteiger partial charge in [0.05, 0.1) is 0 Å². The molecule has 0 aliphatic rings. The van der Waals surface area contributed by atoms with Gasteiger partial charge in [-0.3, -0.25) is 0 Å². The SMILES string of the molecule is Ic1ccc2ccc3cc4ccc5cc(Cc6ccc7c(ccc8cc9ccc%10ccccc%10c9cc87)c6)ccc5c4cc3c2c1. The maximum absolute atomic E-state index is 2.42. The molecule has 0 saturated carbocycles. The second-order valence-corrected chi connectivity index (χ2v) is 14.0. The van der Waals surface area contributed by atoms with Crippen LogP contribution in [-0.2, 0) is 6.42 Å². The Morgan fingerprint density at radius 2 is 0.674 bits per heavy atom. The van der Waals surface area contributed by atoms with Crippen LogP contribution in [0.4, 0.5) is 0 Å². The number of hydrogen-bond acceptors (Lipinski definition) is 0. The van der Waals surface area contributed by atoms with Crippen molar-refractivity contribution in [1.29, 1.82) is 0 Å². The number of halogens is 1. The molecule has 0 bridgehead atoms. The van der Waals surface area contributed by atoms with Gasteiger partial charge in [0.2, 0.25) is 0 Å². The lowest BCUT2D eigenvalue weighted by molar-refractivity contribution is 1.21. The van der Waals surface area contributed by atoms with Gasteiger partial charge in [-0.2, -0.15) is 0 Å². The molecule has 0 aromatic heterocycles. The topological polar surface area (TPSA) is 0 Å². The quantitative estimate of drug-likeness (QED) is 0.0960. The van der Waals surface area contributed by atoms with Gasteiger partial charge in [0.1, 0.15) is 0 Å². The first-order valence-corrected chi connectivity index (χ1v) is 17.0. The summed E-state index contributed by atoms with van der Waals surface area (Å²) in [5.41, 5.74) is 2.68. The molecule has 0 aliphatic heterocycles. The molecular formula is C45H27I. The van der Waals surface area contributed by atoms with Crippen molar-refractivity contribution in [3.63, 3.8) is 0 Å². The summed E-state index contributed by atoms with van der Waals surface area (Å²) >= 11 is 2.42. The fourth-order valence-corrected chi connectivity index (χ4v) is 8.20. The second kappa shape index (κ2) is 10.0. The maximum Gasteiger partial charge on any atom is 0.0136 e. The van der Waals surface area contributed by atoms with Gasteiger partial charge in [-0.25, -0.2) is 0 Å². The highest BCUT2D eigenvalue weighted by Crippen LogP contribution is 2.36. The summed E-state index contributed by atoms with van der Waals surface area (Å²) in [7, 11) is 0. The number of benzene rings is 10. The Bertz CT molecular complexity index is 2900. The van der Waals surface area contributed by atoms with Crippen LogP contribution in [-0.4, -0.2) is 0 Å². The lowest BCUT2D eigenvalue weighted by atomic mass is 9.93. The minimum Gasteiger partial charge on any atom is -0.0616 e. The van der Waals surface area contributed by atoms with Gasteiger partial charge in [-0.05, 0) is 163 Å². The van der Waals surface area contributed by atoms with E-state index in [1.165, 1.54) is 101 Å². The molecule has 0 radical (unpaired) electrons. The van der Waals surface area contributed by atoms with Crippen molar-refractivity contribution in [3.05, 3.63) is 166 Å². The minimum atomic E-state index is 0.908. The molecule has 0 spiro atoms. The van der Waals surface area contributed by atoms with Crippen molar-refractivity contribution >= 4 is 109 Å². The molecule has 0 nitrogen and oxygen atoms in total. The van der Waals surface area contributed by atoms with Crippen molar-refractivity contribution in [2.45, 2.75) is 6.42 Å². The molecule has 0 fully saturated rings. The van der Waals surface area contributed by atoms with E-state index >= 15 is 0 Å². The van der Waals surface area contributed by atoms with Gasteiger partial charge in [0, 0.05) is 3.57 Å². The molecule has 0 N–H and O–H groups in total. The summed E-state index contributed by atoms with van der Waals surface area (Å²) in [6, 6.07) is 57.1. The molecule has 0 atom stereocenters. The fourth-order valence-electron chi connectivity index (χ4n) is 7.71. The summed E-state index contributed by atoms with van der Waals surface area (Å²) in [5, 5.41) is 20.9. The third kappa shape index (κ3) is 4.12. The van der Waals surface area contributed by atoms with E-state index in [0.717, 1.165) is 6.42 Å². The van der Waals surface area contributed by atoms with Gasteiger partial charge in [-0.15, -0.1) is 0 Å². The van der Waals surface area contributed by atoms with Crippen molar-refractivity contribution in [3.8, 4) is 0 Å². The molecule has 0 heterocycles. The van der Waals surface area contributed by atoms with Gasteiger partial charge in [0.25, 0.3) is 0 Å². The van der Waals surface area contributed by atoms with Gasteiger partial charge >= 0.3 is 0 Å². The smallest absolute Gasteiger partial charge is 0.0136 e. The van der Waals surface area contributed by atoms with Crippen LogP contribution in [0.15, 0.2) is 152 Å². The molecule has 0 saturated heterocycles. The molecule has 10 rings (SSSR count). The van der Waals surface area contributed by atoms with Crippen molar-refractivity contribution in [2.24, 2.45) is 0 Å². The van der Waals surface area contributed by atoms with Gasteiger partial charge in [-0.1, -0.05) is 115 Å². The van der Waals surface area contributed by atoms with E-state index in [1.807, 2.05) is 0 Å². The molecular weight excluding hydrogens is 667 g/mol. The first-order chi connectivity index (χ1) is 22.6. The first-order valence-electron chi connectivity index (χ1n) is 15.9. The third-order valence-electron chi connectivity index (χ3n) is 9.99. The van der Waals surface area contributed by atoms with Crippen LogP contribution in [0.5, 0.6) is 0 Å². The summed E-state index contributed by atoms with van der Waals surface area (Å²) in [6.45, 7) is 0. The van der Waals surface area contributed by atoms with Crippen LogP contribution in [0.25, 0.3) is 86.2 Å². The van der Waals surface area contributed by atoms with Crippen molar-refractivity contribution in [2.75, 3.05) is 0 Å². The van der Waals surface area contributed by atoms with E-state index in [9.17, 15) is 0 Å². The van der Waals surface area contributed by atoms with Gasteiger partial charge in [0.15, 0.2) is 0 Å². The molecule has 0 unspecified atom stereocenters. The predicted molar refractivity (Wildman–Crippen MR) is 208 cm³/mol. The maximum atomic E-state index is 2.42. The molecule has 0 amide bonds. The monoisotopic (exact) mass is 694 g/mol. The lowest BCUT2D eigenvalue weighted by Crippen LogP contribution is -1.90. The van der Waals surface area contributed by atoms with Crippen LogP contribution < -0.4 is 0 Å². The van der Waals surface area contributed by atoms with Crippen molar-refractivity contribution < 1.29 is 0 Å². The summed E-state index contributed by atoms with van der Waals surface area (Å²) in [4.78, 5) is 0. The fraction of sp³-hybridized carbons (Fsp3) is 0.0222. The van der Waals surface area contributed by atoms with E-state index in [1.54, 1.807) is 0 Å².